The fourth-order valence-corrected chi connectivity index (χ4v) is 2.86. The summed E-state index contributed by atoms with van der Waals surface area (Å²) < 4.78 is 0. The van der Waals surface area contributed by atoms with Gasteiger partial charge >= 0.3 is 0 Å². The van der Waals surface area contributed by atoms with Gasteiger partial charge in [0.2, 0.25) is 0 Å². The molecule has 2 N–H and O–H groups in total. The Labute approximate surface area is 110 Å². The van der Waals surface area contributed by atoms with Crippen molar-refractivity contribution in [1.82, 2.24) is 20.4 Å². The third kappa shape index (κ3) is 3.56. The summed E-state index contributed by atoms with van der Waals surface area (Å²) in [5.41, 5.74) is 2.78. The molecule has 0 saturated heterocycles. The predicted molar refractivity (Wildman–Crippen MR) is 74.7 cm³/mol. The second-order valence-corrected chi connectivity index (χ2v) is 5.49. The quantitative estimate of drug-likeness (QED) is 0.812. The second kappa shape index (κ2) is 6.90. The van der Waals surface area contributed by atoms with Gasteiger partial charge in [-0.05, 0) is 26.9 Å². The molecule has 1 aromatic rings. The molecule has 102 valence electrons. The summed E-state index contributed by atoms with van der Waals surface area (Å²) in [4.78, 5) is 2.35. The molecule has 1 aliphatic carbocycles. The standard InChI is InChI=1S/C14H26N4/c1-15-8-9-18(2)11-13-10-16-17-14(13)12-6-4-3-5-7-12/h10,12,15H,3-9,11H2,1-2H3,(H,16,17). The van der Waals surface area contributed by atoms with E-state index in [4.69, 9.17) is 0 Å². The SMILES string of the molecule is CNCCN(C)Cc1cn[nH]c1C1CCCCC1. The number of nitrogens with one attached hydrogen (secondary N) is 2. The zero-order valence-corrected chi connectivity index (χ0v) is 11.7. The first-order chi connectivity index (χ1) is 8.81. The fraction of sp³-hybridized carbons (Fsp3) is 0.786. The topological polar surface area (TPSA) is 44.0 Å². The third-order valence-electron chi connectivity index (χ3n) is 3.95. The zero-order valence-electron chi connectivity index (χ0n) is 11.7. The average molecular weight is 250 g/mol. The molecule has 0 radical (unpaired) electrons. The van der Waals surface area contributed by atoms with Crippen LogP contribution in [-0.4, -0.2) is 42.3 Å². The van der Waals surface area contributed by atoms with Gasteiger partial charge in [0.05, 0.1) is 6.20 Å². The van der Waals surface area contributed by atoms with E-state index in [0.29, 0.717) is 5.92 Å². The van der Waals surface area contributed by atoms with Crippen molar-refractivity contribution in [2.24, 2.45) is 0 Å². The Bertz CT molecular complexity index is 341. The summed E-state index contributed by atoms with van der Waals surface area (Å²) in [6.07, 6.45) is 8.82. The van der Waals surface area contributed by atoms with Gasteiger partial charge in [0, 0.05) is 36.8 Å². The van der Waals surface area contributed by atoms with Gasteiger partial charge in [-0.25, -0.2) is 0 Å². The van der Waals surface area contributed by atoms with E-state index < -0.39 is 0 Å². The molecule has 0 unspecified atom stereocenters. The lowest BCUT2D eigenvalue weighted by molar-refractivity contribution is 0.324. The highest BCUT2D eigenvalue weighted by Gasteiger charge is 2.20. The van der Waals surface area contributed by atoms with Crippen molar-refractivity contribution in [3.63, 3.8) is 0 Å². The third-order valence-corrected chi connectivity index (χ3v) is 3.95. The average Bonchev–Trinajstić information content (AvgIpc) is 2.85. The highest BCUT2D eigenvalue weighted by molar-refractivity contribution is 5.20. The van der Waals surface area contributed by atoms with Crippen LogP contribution in [0.2, 0.25) is 0 Å². The van der Waals surface area contributed by atoms with Crippen LogP contribution in [0.4, 0.5) is 0 Å². The van der Waals surface area contributed by atoms with Gasteiger partial charge in [-0.15, -0.1) is 0 Å². The molecule has 1 aromatic heterocycles. The molecule has 0 bridgehead atoms. The lowest BCUT2D eigenvalue weighted by Crippen LogP contribution is -2.27. The van der Waals surface area contributed by atoms with Gasteiger partial charge in [-0.3, -0.25) is 5.10 Å². The van der Waals surface area contributed by atoms with Crippen molar-refractivity contribution < 1.29 is 0 Å². The Morgan fingerprint density at radius 3 is 2.89 bits per heavy atom. The molecule has 0 aliphatic heterocycles. The highest BCUT2D eigenvalue weighted by atomic mass is 15.1. The van der Waals surface area contributed by atoms with Crippen molar-refractivity contribution in [3.05, 3.63) is 17.5 Å². The van der Waals surface area contributed by atoms with Crippen LogP contribution in [0.1, 0.15) is 49.3 Å². The molecule has 0 amide bonds. The molecule has 1 saturated carbocycles. The molecule has 1 aliphatic rings. The number of rotatable bonds is 6. The maximum atomic E-state index is 4.26. The smallest absolute Gasteiger partial charge is 0.0535 e. The summed E-state index contributed by atoms with van der Waals surface area (Å²) in [6, 6.07) is 0. The molecule has 0 spiro atoms. The van der Waals surface area contributed by atoms with Crippen LogP contribution in [-0.2, 0) is 6.54 Å². The van der Waals surface area contributed by atoms with E-state index in [1.807, 2.05) is 13.2 Å². The van der Waals surface area contributed by atoms with E-state index in [1.165, 1.54) is 43.4 Å². The van der Waals surface area contributed by atoms with E-state index in [-0.39, 0.29) is 0 Å². The van der Waals surface area contributed by atoms with E-state index in [9.17, 15) is 0 Å². The minimum absolute atomic E-state index is 0.717. The van der Waals surface area contributed by atoms with Crippen molar-refractivity contribution in [3.8, 4) is 0 Å². The van der Waals surface area contributed by atoms with Crippen LogP contribution in [0, 0.1) is 0 Å². The number of nitrogens with zero attached hydrogens (tertiary/aromatic N) is 2. The second-order valence-electron chi connectivity index (χ2n) is 5.49. The van der Waals surface area contributed by atoms with Crippen LogP contribution < -0.4 is 5.32 Å². The van der Waals surface area contributed by atoms with E-state index >= 15 is 0 Å². The summed E-state index contributed by atoms with van der Waals surface area (Å²) in [6.45, 7) is 3.11. The lowest BCUT2D eigenvalue weighted by atomic mass is 9.85. The highest BCUT2D eigenvalue weighted by Crippen LogP contribution is 2.33. The van der Waals surface area contributed by atoms with E-state index in [2.05, 4.69) is 27.5 Å². The Kier molecular flexibility index (Phi) is 5.20. The molecular formula is C14H26N4. The molecule has 4 nitrogen and oxygen atoms in total. The summed E-state index contributed by atoms with van der Waals surface area (Å²) in [5.74, 6) is 0.717. The molecular weight excluding hydrogens is 224 g/mol. The molecule has 4 heteroatoms. The maximum Gasteiger partial charge on any atom is 0.0535 e. The molecule has 2 rings (SSSR count). The van der Waals surface area contributed by atoms with Gasteiger partial charge in [-0.1, -0.05) is 19.3 Å². The van der Waals surface area contributed by atoms with Crippen LogP contribution in [0.15, 0.2) is 6.20 Å². The zero-order chi connectivity index (χ0) is 12.8. The first kappa shape index (κ1) is 13.6. The molecule has 0 atom stereocenters. The summed E-state index contributed by atoms with van der Waals surface area (Å²) in [7, 11) is 4.17. The lowest BCUT2D eigenvalue weighted by Gasteiger charge is -2.23. The molecule has 18 heavy (non-hydrogen) atoms. The van der Waals surface area contributed by atoms with Crippen LogP contribution in [0.5, 0.6) is 0 Å². The van der Waals surface area contributed by atoms with Gasteiger partial charge in [0.15, 0.2) is 0 Å². The molecule has 1 fully saturated rings. The van der Waals surface area contributed by atoms with Crippen molar-refractivity contribution in [2.45, 2.75) is 44.6 Å². The van der Waals surface area contributed by atoms with Crippen LogP contribution >= 0.6 is 0 Å². The molecule has 1 heterocycles. The maximum absolute atomic E-state index is 4.26. The summed E-state index contributed by atoms with van der Waals surface area (Å²) in [5, 5.41) is 10.7. The van der Waals surface area contributed by atoms with Gasteiger partial charge in [0.25, 0.3) is 0 Å². The first-order valence-electron chi connectivity index (χ1n) is 7.16. The van der Waals surface area contributed by atoms with E-state index in [0.717, 1.165) is 19.6 Å². The van der Waals surface area contributed by atoms with Gasteiger partial charge < -0.3 is 10.2 Å². The van der Waals surface area contributed by atoms with Crippen molar-refractivity contribution >= 4 is 0 Å². The van der Waals surface area contributed by atoms with E-state index in [1.54, 1.807) is 0 Å². The fourth-order valence-electron chi connectivity index (χ4n) is 2.86. The largest absolute Gasteiger partial charge is 0.318 e. The number of aromatic amines is 1. The number of hydrogen-bond donors (Lipinski definition) is 2. The van der Waals surface area contributed by atoms with Crippen molar-refractivity contribution in [1.29, 1.82) is 0 Å². The van der Waals surface area contributed by atoms with Crippen LogP contribution in [0.25, 0.3) is 0 Å². The summed E-state index contributed by atoms with van der Waals surface area (Å²) >= 11 is 0. The Morgan fingerprint density at radius 1 is 1.39 bits per heavy atom. The normalized spacial score (nSPS) is 17.5. The number of H-pyrrole nitrogens is 1. The van der Waals surface area contributed by atoms with Crippen LogP contribution in [0.3, 0.4) is 0 Å². The predicted octanol–water partition coefficient (Wildman–Crippen LogP) is 2.11. The Hall–Kier alpha value is -0.870. The number of aromatic nitrogens is 2. The monoisotopic (exact) mass is 250 g/mol. The van der Waals surface area contributed by atoms with Crippen molar-refractivity contribution in [2.75, 3.05) is 27.2 Å². The van der Waals surface area contributed by atoms with Gasteiger partial charge in [0.1, 0.15) is 0 Å². The Balaban J connectivity index is 1.94. The minimum atomic E-state index is 0.717. The Morgan fingerprint density at radius 2 is 2.17 bits per heavy atom. The minimum Gasteiger partial charge on any atom is -0.318 e. The number of hydrogen-bond acceptors (Lipinski definition) is 3. The van der Waals surface area contributed by atoms with Gasteiger partial charge in [-0.2, -0.15) is 5.10 Å². The number of likely N-dealkylation sites (N-methyl/N-ethyl adjacent to an activating group) is 2. The molecule has 0 aromatic carbocycles. The first-order valence-corrected chi connectivity index (χ1v) is 7.16.